The molecule has 4 atom stereocenters. The number of phenols is 2. The second kappa shape index (κ2) is 15.2. The number of nitrogen functional groups attached to an aromatic ring is 2. The van der Waals surface area contributed by atoms with Gasteiger partial charge in [-0.3, -0.25) is 4.79 Å². The number of ether oxygens (including phenoxy) is 2. The van der Waals surface area contributed by atoms with Crippen molar-refractivity contribution in [2.75, 3.05) is 11.5 Å². The zero-order chi connectivity index (χ0) is 40.0. The molecule has 0 radical (unpaired) electrons. The van der Waals surface area contributed by atoms with E-state index in [4.69, 9.17) is 25.4 Å². The van der Waals surface area contributed by atoms with Crippen molar-refractivity contribution >= 4 is 28.6 Å². The van der Waals surface area contributed by atoms with Gasteiger partial charge in [0, 0.05) is 53.4 Å². The van der Waals surface area contributed by atoms with Gasteiger partial charge in [-0.1, -0.05) is 37.1 Å². The molecule has 0 spiro atoms. The molecule has 8 rings (SSSR count). The lowest BCUT2D eigenvalue weighted by atomic mass is 9.71. The second-order valence-electron chi connectivity index (χ2n) is 15.8. The highest BCUT2D eigenvalue weighted by molar-refractivity contribution is 5.92. The summed E-state index contributed by atoms with van der Waals surface area (Å²) in [6, 6.07) is 13.7. The first-order valence-electron chi connectivity index (χ1n) is 19.7. The summed E-state index contributed by atoms with van der Waals surface area (Å²) in [7, 11) is 0. The van der Waals surface area contributed by atoms with Gasteiger partial charge < -0.3 is 40.7 Å². The minimum Gasteiger partial charge on any atom is -0.508 e. The number of hydrogen-bond donors (Lipinski definition) is 5. The fraction of sp³-hybridized carbons (Fsp3) is 0.378. The molecular weight excluding hydrogens is 725 g/mol. The number of hydrogen-bond acceptors (Lipinski definition) is 12. The van der Waals surface area contributed by atoms with Gasteiger partial charge in [0.05, 0.1) is 0 Å². The molecule has 12 nitrogen and oxygen atoms in total. The Balaban J connectivity index is 1.41. The van der Waals surface area contributed by atoms with Crippen LogP contribution in [-0.2, 0) is 41.8 Å². The smallest absolute Gasteiger partial charge is 0.334 e. The number of benzene rings is 2. The summed E-state index contributed by atoms with van der Waals surface area (Å²) in [5.41, 5.74) is 15.7. The van der Waals surface area contributed by atoms with Crippen molar-refractivity contribution in [2.45, 2.75) is 95.9 Å². The maximum atomic E-state index is 14.3. The molecule has 5 heterocycles. The van der Waals surface area contributed by atoms with Crippen molar-refractivity contribution in [3.8, 4) is 17.2 Å². The average molecular weight is 773 g/mol. The first-order valence-corrected chi connectivity index (χ1v) is 19.7. The van der Waals surface area contributed by atoms with Crippen molar-refractivity contribution in [3.05, 3.63) is 122 Å². The van der Waals surface area contributed by atoms with Crippen molar-refractivity contribution < 1.29 is 34.0 Å². The maximum Gasteiger partial charge on any atom is 0.334 e. The Bertz CT molecular complexity index is 2440. The monoisotopic (exact) mass is 772 g/mol. The van der Waals surface area contributed by atoms with Gasteiger partial charge in [-0.25, -0.2) is 14.8 Å². The van der Waals surface area contributed by atoms with E-state index in [0.29, 0.717) is 59.8 Å². The fourth-order valence-electron chi connectivity index (χ4n) is 9.47. The molecule has 296 valence electrons. The van der Waals surface area contributed by atoms with Crippen molar-refractivity contribution in [3.63, 3.8) is 0 Å². The summed E-state index contributed by atoms with van der Waals surface area (Å²) < 4.78 is 20.3. The Hall–Kier alpha value is -5.88. The summed E-state index contributed by atoms with van der Waals surface area (Å²) in [6.07, 6.45) is 9.99. The standard InChI is InChI=1S/C45H48N4O8/c1-3-30(26-8-4-5-9-26)44(54)56-36-21-34-40(53)39-35(52)20-29(23-50)55-42(39)38-33(19-24-7-6-10-28(51)18-24)31-15-16-48-43(47)32(31)13-12-27(45(36,2)57-41(34)38)17-25-11-14-37(46)49-22-25/h3,6-7,10-11,14-16,18,20,22,26-27,33,36,50-51,53H,4-5,8-9,12-13,17,19,21,23H2,1-2H3,(H2,46,49)(H2,47,48)/b30-3-/t27-,33-,36+,45-/m0/s1. The van der Waals surface area contributed by atoms with Crippen LogP contribution in [0.5, 0.6) is 17.2 Å². The van der Waals surface area contributed by atoms with E-state index in [1.807, 2.05) is 38.1 Å². The van der Waals surface area contributed by atoms with E-state index < -0.39 is 35.6 Å². The molecule has 5 aromatic rings. The number of carbonyl (C=O) groups is 1. The van der Waals surface area contributed by atoms with Gasteiger partial charge in [-0.15, -0.1) is 0 Å². The molecular formula is C45H48N4O8. The minimum atomic E-state index is -1.22. The predicted molar refractivity (Wildman–Crippen MR) is 215 cm³/mol. The Labute approximate surface area is 330 Å². The van der Waals surface area contributed by atoms with Crippen LogP contribution in [0.15, 0.2) is 81.8 Å². The van der Waals surface area contributed by atoms with Crippen LogP contribution in [-0.4, -0.2) is 43.0 Å². The topological polar surface area (TPSA) is 204 Å². The number of pyridine rings is 2. The summed E-state index contributed by atoms with van der Waals surface area (Å²) in [4.78, 5) is 37.1. The van der Waals surface area contributed by atoms with E-state index in [9.17, 15) is 24.9 Å². The molecule has 0 amide bonds. The lowest BCUT2D eigenvalue weighted by Crippen LogP contribution is -2.57. The summed E-state index contributed by atoms with van der Waals surface area (Å²) in [5, 5.41) is 32.9. The normalized spacial score (nSPS) is 22.2. The van der Waals surface area contributed by atoms with Gasteiger partial charge in [0.2, 0.25) is 0 Å². The Kier molecular flexibility index (Phi) is 10.2. The van der Waals surface area contributed by atoms with E-state index >= 15 is 0 Å². The summed E-state index contributed by atoms with van der Waals surface area (Å²) in [6.45, 7) is 3.24. The zero-order valence-electron chi connectivity index (χ0n) is 32.2. The van der Waals surface area contributed by atoms with Gasteiger partial charge in [0.15, 0.2) is 5.43 Å². The number of nitrogens with zero attached hydrogens (tertiary/aromatic N) is 2. The first-order chi connectivity index (χ1) is 27.5. The number of esters is 1. The third-order valence-electron chi connectivity index (χ3n) is 12.5. The van der Waals surface area contributed by atoms with E-state index in [0.717, 1.165) is 47.9 Å². The van der Waals surface area contributed by atoms with Crippen LogP contribution in [0.2, 0.25) is 0 Å². The van der Waals surface area contributed by atoms with Gasteiger partial charge in [-0.2, -0.15) is 0 Å². The summed E-state index contributed by atoms with van der Waals surface area (Å²) >= 11 is 0. The molecule has 57 heavy (non-hydrogen) atoms. The third kappa shape index (κ3) is 6.96. The second-order valence-corrected chi connectivity index (χ2v) is 15.8. The number of allylic oxidation sites excluding steroid dienone is 1. The lowest BCUT2D eigenvalue weighted by Gasteiger charge is -2.48. The molecule has 0 unspecified atom stereocenters. The van der Waals surface area contributed by atoms with E-state index in [1.165, 1.54) is 6.07 Å². The van der Waals surface area contributed by atoms with Gasteiger partial charge in [-0.05, 0) is 105 Å². The number of aromatic hydroxyl groups is 2. The Morgan fingerprint density at radius 3 is 2.54 bits per heavy atom. The number of fused-ring (bicyclic) bond motifs is 4. The Morgan fingerprint density at radius 2 is 1.82 bits per heavy atom. The highest BCUT2D eigenvalue weighted by Crippen LogP contribution is 2.54. The zero-order valence-corrected chi connectivity index (χ0v) is 32.2. The molecule has 1 aliphatic carbocycles. The van der Waals surface area contributed by atoms with Crippen LogP contribution < -0.4 is 21.6 Å². The van der Waals surface area contributed by atoms with Gasteiger partial charge in [0.25, 0.3) is 0 Å². The number of carbonyl (C=O) groups excluding carboxylic acids is 1. The van der Waals surface area contributed by atoms with Crippen LogP contribution in [0.3, 0.4) is 0 Å². The van der Waals surface area contributed by atoms with Crippen molar-refractivity contribution in [2.24, 2.45) is 11.8 Å². The predicted octanol–water partition coefficient (Wildman–Crippen LogP) is 6.57. The number of aliphatic hydroxyl groups excluding tert-OH is 1. The molecule has 3 aromatic heterocycles. The number of aliphatic hydroxyl groups is 1. The number of anilines is 2. The van der Waals surface area contributed by atoms with Gasteiger partial charge >= 0.3 is 5.97 Å². The number of phenolic OH excluding ortho intramolecular Hbond substituents is 2. The molecule has 1 fully saturated rings. The van der Waals surface area contributed by atoms with Crippen LogP contribution >= 0.6 is 0 Å². The third-order valence-corrected chi connectivity index (χ3v) is 12.5. The highest BCUT2D eigenvalue weighted by Gasteiger charge is 2.52. The van der Waals surface area contributed by atoms with E-state index in [2.05, 4.69) is 9.97 Å². The largest absolute Gasteiger partial charge is 0.508 e. The van der Waals surface area contributed by atoms with Crippen LogP contribution in [0.1, 0.15) is 91.0 Å². The number of rotatable bonds is 8. The average Bonchev–Trinajstić information content (AvgIpc) is 3.72. The van der Waals surface area contributed by atoms with E-state index in [-0.39, 0.29) is 46.5 Å². The molecule has 2 bridgehead atoms. The van der Waals surface area contributed by atoms with Crippen LogP contribution in [0, 0.1) is 11.8 Å². The minimum absolute atomic E-state index is 0.00988. The lowest BCUT2D eigenvalue weighted by molar-refractivity contribution is -0.165. The van der Waals surface area contributed by atoms with Crippen molar-refractivity contribution in [1.29, 1.82) is 0 Å². The van der Waals surface area contributed by atoms with Crippen molar-refractivity contribution in [1.82, 2.24) is 9.97 Å². The van der Waals surface area contributed by atoms with Crippen LogP contribution in [0.25, 0.3) is 11.0 Å². The Morgan fingerprint density at radius 1 is 1.02 bits per heavy atom. The SMILES string of the molecule is C/C=C(\C(=O)O[C@@H]1Cc2c3c(c4oc(CO)cc(=O)c4c2O)[C@@H](Cc2cccc(O)c2)c2ccnc(N)c2CC[C@@H](Cc2ccc(N)nc2)[C@]1(C)O3)C1CCCC1. The molecule has 7 N–H and O–H groups in total. The quantitative estimate of drug-likeness (QED) is 0.0839. The molecule has 2 aliphatic heterocycles. The molecule has 3 aliphatic rings. The molecule has 2 aromatic carbocycles. The molecule has 0 saturated heterocycles. The summed E-state index contributed by atoms with van der Waals surface area (Å²) in [5.74, 6) is -0.508. The first kappa shape index (κ1) is 38.0. The highest BCUT2D eigenvalue weighted by atomic mass is 16.6. The van der Waals surface area contributed by atoms with Gasteiger partial charge in [0.1, 0.15) is 63.9 Å². The number of aromatic nitrogens is 2. The molecule has 1 saturated carbocycles. The maximum absolute atomic E-state index is 14.3. The molecule has 12 heteroatoms. The van der Waals surface area contributed by atoms with E-state index in [1.54, 1.807) is 36.7 Å². The fourth-order valence-corrected chi connectivity index (χ4v) is 9.47. The number of nitrogens with two attached hydrogens (primary N) is 2. The van der Waals surface area contributed by atoms with Crippen LogP contribution in [0.4, 0.5) is 11.6 Å².